The molecule has 0 atom stereocenters. The molecule has 1 saturated heterocycles. The van der Waals surface area contributed by atoms with Crippen LogP contribution in [-0.4, -0.2) is 35.0 Å². The molecule has 134 valence electrons. The standard InChI is InChI=1S/C22H24FN3/c1-22(9-13-26(2)14-10-22)20-15-19(16-7-11-24-12-8-16)21(25-20)17-3-5-18(23)6-4-17/h3-8,11-12,15,25H,9-10,13-14H2,1-2H3. The first-order valence-electron chi connectivity index (χ1n) is 9.13. The zero-order valence-electron chi connectivity index (χ0n) is 15.3. The third-order valence-electron chi connectivity index (χ3n) is 5.68. The molecule has 26 heavy (non-hydrogen) atoms. The van der Waals surface area contributed by atoms with Gasteiger partial charge in [-0.15, -0.1) is 0 Å². The van der Waals surface area contributed by atoms with Gasteiger partial charge in [-0.3, -0.25) is 4.98 Å². The van der Waals surface area contributed by atoms with Gasteiger partial charge in [0.25, 0.3) is 0 Å². The second-order valence-electron chi connectivity index (χ2n) is 7.58. The highest BCUT2D eigenvalue weighted by atomic mass is 19.1. The number of nitrogens with one attached hydrogen (secondary N) is 1. The van der Waals surface area contributed by atoms with E-state index >= 15 is 0 Å². The largest absolute Gasteiger partial charge is 0.357 e. The van der Waals surface area contributed by atoms with Gasteiger partial charge in [0.2, 0.25) is 0 Å². The predicted molar refractivity (Wildman–Crippen MR) is 104 cm³/mol. The van der Waals surface area contributed by atoms with Crippen LogP contribution >= 0.6 is 0 Å². The van der Waals surface area contributed by atoms with Crippen LogP contribution < -0.4 is 0 Å². The predicted octanol–water partition coefficient (Wildman–Crippen LogP) is 4.87. The maximum atomic E-state index is 13.4. The summed E-state index contributed by atoms with van der Waals surface area (Å²) in [5.41, 5.74) is 5.71. The van der Waals surface area contributed by atoms with Crippen molar-refractivity contribution in [3.63, 3.8) is 0 Å². The summed E-state index contributed by atoms with van der Waals surface area (Å²) in [6.45, 7) is 4.55. The molecule has 1 aliphatic rings. The number of hydrogen-bond acceptors (Lipinski definition) is 2. The van der Waals surface area contributed by atoms with E-state index in [2.05, 4.69) is 34.9 Å². The lowest BCUT2D eigenvalue weighted by Crippen LogP contribution is -2.39. The van der Waals surface area contributed by atoms with E-state index in [1.807, 2.05) is 36.7 Å². The molecule has 2 aromatic heterocycles. The number of nitrogens with zero attached hydrogens (tertiary/aromatic N) is 2. The average Bonchev–Trinajstić information content (AvgIpc) is 3.12. The number of aromatic nitrogens is 2. The van der Waals surface area contributed by atoms with Gasteiger partial charge in [0.1, 0.15) is 5.82 Å². The van der Waals surface area contributed by atoms with Gasteiger partial charge in [-0.2, -0.15) is 0 Å². The SMILES string of the molecule is CN1CCC(C)(c2cc(-c3ccncc3)c(-c3ccc(F)cc3)[nH]2)CC1. The zero-order chi connectivity index (χ0) is 18.1. The lowest BCUT2D eigenvalue weighted by atomic mass is 9.77. The van der Waals surface area contributed by atoms with Crippen LogP contribution in [-0.2, 0) is 5.41 Å². The highest BCUT2D eigenvalue weighted by Crippen LogP contribution is 2.40. The molecule has 3 nitrogen and oxygen atoms in total. The Morgan fingerprint density at radius 1 is 1.00 bits per heavy atom. The van der Waals surface area contributed by atoms with Gasteiger partial charge in [-0.25, -0.2) is 4.39 Å². The van der Waals surface area contributed by atoms with E-state index < -0.39 is 0 Å². The van der Waals surface area contributed by atoms with Crippen LogP contribution in [0.1, 0.15) is 25.5 Å². The van der Waals surface area contributed by atoms with Gasteiger partial charge in [0, 0.05) is 29.1 Å². The molecule has 0 amide bonds. The Labute approximate surface area is 153 Å². The molecule has 3 heterocycles. The highest BCUT2D eigenvalue weighted by molar-refractivity contribution is 5.82. The molecular formula is C22H24FN3. The molecule has 0 radical (unpaired) electrons. The Balaban J connectivity index is 1.81. The second-order valence-corrected chi connectivity index (χ2v) is 7.58. The van der Waals surface area contributed by atoms with Gasteiger partial charge < -0.3 is 9.88 Å². The number of likely N-dealkylation sites (tertiary alicyclic amines) is 1. The number of benzene rings is 1. The van der Waals surface area contributed by atoms with Crippen molar-refractivity contribution in [2.45, 2.75) is 25.2 Å². The van der Waals surface area contributed by atoms with Crippen LogP contribution in [0.4, 0.5) is 4.39 Å². The Kier molecular flexibility index (Phi) is 4.37. The normalized spacial score (nSPS) is 17.3. The summed E-state index contributed by atoms with van der Waals surface area (Å²) >= 11 is 0. The fraction of sp³-hybridized carbons (Fsp3) is 0.318. The van der Waals surface area contributed by atoms with Crippen molar-refractivity contribution >= 4 is 0 Å². The summed E-state index contributed by atoms with van der Waals surface area (Å²) in [5, 5.41) is 0. The third kappa shape index (κ3) is 3.17. The fourth-order valence-electron chi connectivity index (χ4n) is 3.76. The minimum Gasteiger partial charge on any atom is -0.357 e. The van der Waals surface area contributed by atoms with Gasteiger partial charge in [0.05, 0.1) is 5.69 Å². The highest BCUT2D eigenvalue weighted by Gasteiger charge is 2.33. The van der Waals surface area contributed by atoms with E-state index in [0.717, 1.165) is 48.3 Å². The van der Waals surface area contributed by atoms with Crippen molar-refractivity contribution in [3.8, 4) is 22.4 Å². The maximum absolute atomic E-state index is 13.4. The summed E-state index contributed by atoms with van der Waals surface area (Å²) in [6.07, 6.45) is 5.88. The van der Waals surface area contributed by atoms with Gasteiger partial charge in [-0.05, 0) is 86.6 Å². The van der Waals surface area contributed by atoms with E-state index in [0.29, 0.717) is 0 Å². The summed E-state index contributed by atoms with van der Waals surface area (Å²) in [7, 11) is 2.18. The average molecular weight is 349 g/mol. The van der Waals surface area contributed by atoms with Crippen LogP contribution in [0.3, 0.4) is 0 Å². The molecule has 4 heteroatoms. The Morgan fingerprint density at radius 2 is 1.65 bits per heavy atom. The number of aromatic amines is 1. The van der Waals surface area contributed by atoms with E-state index in [4.69, 9.17) is 0 Å². The fourth-order valence-corrected chi connectivity index (χ4v) is 3.76. The number of H-pyrrole nitrogens is 1. The number of piperidine rings is 1. The topological polar surface area (TPSA) is 31.9 Å². The number of rotatable bonds is 3. The maximum Gasteiger partial charge on any atom is 0.123 e. The molecular weight excluding hydrogens is 325 g/mol. The molecule has 3 aromatic rings. The van der Waals surface area contributed by atoms with Gasteiger partial charge in [0.15, 0.2) is 0 Å². The summed E-state index contributed by atoms with van der Waals surface area (Å²) in [5.74, 6) is -0.215. The zero-order valence-corrected chi connectivity index (χ0v) is 15.3. The van der Waals surface area contributed by atoms with Crippen LogP contribution in [0, 0.1) is 5.82 Å². The van der Waals surface area contributed by atoms with Crippen molar-refractivity contribution in [1.29, 1.82) is 0 Å². The lowest BCUT2D eigenvalue weighted by Gasteiger charge is -2.37. The van der Waals surface area contributed by atoms with Crippen LogP contribution in [0.15, 0.2) is 54.9 Å². The smallest absolute Gasteiger partial charge is 0.123 e. The van der Waals surface area contributed by atoms with Crippen LogP contribution in [0.5, 0.6) is 0 Å². The molecule has 4 rings (SSSR count). The van der Waals surface area contributed by atoms with Crippen molar-refractivity contribution in [2.24, 2.45) is 0 Å². The van der Waals surface area contributed by atoms with E-state index in [1.165, 1.54) is 17.8 Å². The quantitative estimate of drug-likeness (QED) is 0.732. The molecule has 1 aromatic carbocycles. The molecule has 0 spiro atoms. The van der Waals surface area contributed by atoms with E-state index in [9.17, 15) is 4.39 Å². The lowest BCUT2D eigenvalue weighted by molar-refractivity contribution is 0.197. The molecule has 1 fully saturated rings. The first-order chi connectivity index (χ1) is 12.5. The molecule has 0 bridgehead atoms. The third-order valence-corrected chi connectivity index (χ3v) is 5.68. The van der Waals surface area contributed by atoms with E-state index in [-0.39, 0.29) is 11.2 Å². The summed E-state index contributed by atoms with van der Waals surface area (Å²) in [4.78, 5) is 10.2. The van der Waals surface area contributed by atoms with Crippen molar-refractivity contribution in [2.75, 3.05) is 20.1 Å². The first-order valence-corrected chi connectivity index (χ1v) is 9.13. The van der Waals surface area contributed by atoms with Gasteiger partial charge >= 0.3 is 0 Å². The number of hydrogen-bond donors (Lipinski definition) is 1. The Morgan fingerprint density at radius 3 is 2.31 bits per heavy atom. The monoisotopic (exact) mass is 349 g/mol. The van der Waals surface area contributed by atoms with E-state index in [1.54, 1.807) is 0 Å². The van der Waals surface area contributed by atoms with Crippen LogP contribution in [0.2, 0.25) is 0 Å². The molecule has 1 N–H and O–H groups in total. The number of halogens is 1. The minimum absolute atomic E-state index is 0.132. The molecule has 1 aliphatic heterocycles. The molecule has 0 unspecified atom stereocenters. The van der Waals surface area contributed by atoms with Crippen molar-refractivity contribution in [3.05, 3.63) is 66.4 Å². The first kappa shape index (κ1) is 17.0. The number of pyridine rings is 1. The summed E-state index contributed by atoms with van der Waals surface area (Å²) in [6, 6.07) is 13.0. The van der Waals surface area contributed by atoms with Gasteiger partial charge in [-0.1, -0.05) is 6.92 Å². The summed E-state index contributed by atoms with van der Waals surface area (Å²) < 4.78 is 13.4. The Hall–Kier alpha value is -2.46. The Bertz CT molecular complexity index is 876. The van der Waals surface area contributed by atoms with Crippen LogP contribution in [0.25, 0.3) is 22.4 Å². The second kappa shape index (κ2) is 6.69. The molecule has 0 saturated carbocycles. The minimum atomic E-state index is -0.215. The molecule has 0 aliphatic carbocycles. The van der Waals surface area contributed by atoms with Crippen molar-refractivity contribution in [1.82, 2.24) is 14.9 Å². The van der Waals surface area contributed by atoms with Crippen molar-refractivity contribution < 1.29 is 4.39 Å².